The topological polar surface area (TPSA) is 3.24 Å². The molecular formula is C56H63NS. The first-order valence-electron chi connectivity index (χ1n) is 22.8. The van der Waals surface area contributed by atoms with Gasteiger partial charge < -0.3 is 4.90 Å². The van der Waals surface area contributed by atoms with Crippen LogP contribution in [-0.2, 0) is 27.1 Å². The van der Waals surface area contributed by atoms with E-state index in [1.54, 1.807) is 11.1 Å². The molecule has 5 aromatic carbocycles. The van der Waals surface area contributed by atoms with Gasteiger partial charge in [-0.05, 0) is 190 Å². The fourth-order valence-corrected chi connectivity index (χ4v) is 15.1. The summed E-state index contributed by atoms with van der Waals surface area (Å²) in [5, 5.41) is 0. The molecule has 7 aliphatic rings. The molecule has 4 fully saturated rings. The number of fused-ring (bicyclic) bond motifs is 4. The van der Waals surface area contributed by atoms with Gasteiger partial charge in [0.25, 0.3) is 0 Å². The van der Waals surface area contributed by atoms with Crippen LogP contribution in [0.1, 0.15) is 147 Å². The van der Waals surface area contributed by atoms with Gasteiger partial charge in [0, 0.05) is 26.6 Å². The molecule has 4 saturated carbocycles. The molecule has 12 rings (SSSR count). The van der Waals surface area contributed by atoms with E-state index in [2.05, 4.69) is 175 Å². The molecule has 0 saturated heterocycles. The van der Waals surface area contributed by atoms with Gasteiger partial charge in [0.05, 0.1) is 5.69 Å². The number of anilines is 3. The Morgan fingerprint density at radius 3 is 1.50 bits per heavy atom. The van der Waals surface area contributed by atoms with Gasteiger partial charge in [-0.15, -0.1) is 0 Å². The summed E-state index contributed by atoms with van der Waals surface area (Å²) >= 11 is 2.06. The van der Waals surface area contributed by atoms with E-state index in [-0.39, 0.29) is 27.1 Å². The Hall–Kier alpha value is -3.75. The van der Waals surface area contributed by atoms with Crippen molar-refractivity contribution in [2.24, 2.45) is 23.7 Å². The lowest BCUT2D eigenvalue weighted by Crippen LogP contribution is -2.57. The summed E-state index contributed by atoms with van der Waals surface area (Å²) < 4.78 is 0. The summed E-state index contributed by atoms with van der Waals surface area (Å²) in [6.07, 6.45) is 11.8. The fourth-order valence-electron chi connectivity index (χ4n) is 13.8. The van der Waals surface area contributed by atoms with Gasteiger partial charge in [0.2, 0.25) is 0 Å². The lowest BCUT2D eigenvalue weighted by molar-refractivity contribution is -0.0443. The Morgan fingerprint density at radius 2 is 0.948 bits per heavy atom. The van der Waals surface area contributed by atoms with E-state index < -0.39 is 0 Å². The Kier molecular flexibility index (Phi) is 8.12. The van der Waals surface area contributed by atoms with Gasteiger partial charge in [-0.25, -0.2) is 0 Å². The van der Waals surface area contributed by atoms with Gasteiger partial charge in [-0.2, -0.15) is 0 Å². The predicted molar refractivity (Wildman–Crippen MR) is 246 cm³/mol. The molecule has 0 amide bonds. The zero-order chi connectivity index (χ0) is 40.0. The first-order chi connectivity index (χ1) is 27.7. The smallest absolute Gasteiger partial charge is 0.0610 e. The fraction of sp³-hybridized carbons (Fsp3) is 0.464. The SMILES string of the molecule is CC1(C)CCC(C)(C)c2cc(N(c3ccc4c(c3)C(C)(C)CCC4(C)C)c3cc(-c4ccccc4)cc4c3Sc3ccccc3C43C4CC5CC(C4)CC3C5)ccc21. The molecule has 0 unspecified atom stereocenters. The average Bonchev–Trinajstić information content (AvgIpc) is 3.20. The molecule has 6 aliphatic carbocycles. The van der Waals surface area contributed by atoms with Crippen LogP contribution >= 0.6 is 11.8 Å². The Morgan fingerprint density at radius 1 is 0.448 bits per heavy atom. The molecule has 1 spiro atoms. The van der Waals surface area contributed by atoms with Crippen LogP contribution in [0, 0.1) is 23.7 Å². The molecule has 4 bridgehead atoms. The molecule has 1 heterocycles. The van der Waals surface area contributed by atoms with E-state index >= 15 is 0 Å². The molecule has 1 nitrogen and oxygen atoms in total. The van der Waals surface area contributed by atoms with E-state index in [0.717, 1.165) is 11.8 Å². The minimum Gasteiger partial charge on any atom is -0.309 e. The monoisotopic (exact) mass is 781 g/mol. The van der Waals surface area contributed by atoms with E-state index in [0.29, 0.717) is 11.8 Å². The van der Waals surface area contributed by atoms with Gasteiger partial charge in [-0.1, -0.05) is 128 Å². The summed E-state index contributed by atoms with van der Waals surface area (Å²) in [7, 11) is 0. The maximum absolute atomic E-state index is 2.73. The highest BCUT2D eigenvalue weighted by molar-refractivity contribution is 7.99. The second kappa shape index (κ2) is 12.6. The summed E-state index contributed by atoms with van der Waals surface area (Å²) in [5.41, 5.74) is 16.5. The Balaban J connectivity index is 1.23. The van der Waals surface area contributed by atoms with Crippen molar-refractivity contribution in [1.29, 1.82) is 0 Å². The van der Waals surface area contributed by atoms with E-state index in [1.165, 1.54) is 118 Å². The largest absolute Gasteiger partial charge is 0.309 e. The van der Waals surface area contributed by atoms with Gasteiger partial charge in [-0.3, -0.25) is 0 Å². The van der Waals surface area contributed by atoms with Gasteiger partial charge >= 0.3 is 0 Å². The Labute approximate surface area is 353 Å². The maximum Gasteiger partial charge on any atom is 0.0610 e. The van der Waals surface area contributed by atoms with Crippen LogP contribution < -0.4 is 4.90 Å². The third-order valence-corrected chi connectivity index (χ3v) is 18.2. The highest BCUT2D eigenvalue weighted by Gasteiger charge is 2.61. The lowest BCUT2D eigenvalue weighted by atomic mass is 9.42. The third kappa shape index (κ3) is 5.41. The van der Waals surface area contributed by atoms with Crippen LogP contribution in [0.15, 0.2) is 113 Å². The van der Waals surface area contributed by atoms with Crippen molar-refractivity contribution in [3.63, 3.8) is 0 Å². The molecule has 0 radical (unpaired) electrons. The number of nitrogens with zero attached hydrogens (tertiary/aromatic N) is 1. The number of hydrogen-bond acceptors (Lipinski definition) is 2. The number of rotatable bonds is 4. The first-order valence-corrected chi connectivity index (χ1v) is 23.6. The molecule has 2 heteroatoms. The zero-order valence-corrected chi connectivity index (χ0v) is 37.2. The lowest BCUT2D eigenvalue weighted by Gasteiger charge is -2.63. The van der Waals surface area contributed by atoms with Crippen molar-refractivity contribution in [2.45, 2.75) is 150 Å². The van der Waals surface area contributed by atoms with Crippen molar-refractivity contribution in [1.82, 2.24) is 0 Å². The second-order valence-corrected chi connectivity index (χ2v) is 23.4. The van der Waals surface area contributed by atoms with Crippen LogP contribution in [0.25, 0.3) is 11.1 Å². The van der Waals surface area contributed by atoms with E-state index in [9.17, 15) is 0 Å². The molecule has 1 aliphatic heterocycles. The molecule has 5 aromatic rings. The van der Waals surface area contributed by atoms with E-state index in [4.69, 9.17) is 0 Å². The predicted octanol–water partition coefficient (Wildman–Crippen LogP) is 15.7. The van der Waals surface area contributed by atoms with Crippen molar-refractivity contribution in [3.05, 3.63) is 137 Å². The first kappa shape index (κ1) is 37.3. The summed E-state index contributed by atoms with van der Waals surface area (Å²) in [4.78, 5) is 5.70. The zero-order valence-electron chi connectivity index (χ0n) is 36.3. The Bertz CT molecular complexity index is 2350. The van der Waals surface area contributed by atoms with Crippen LogP contribution in [0.2, 0.25) is 0 Å². The van der Waals surface area contributed by atoms with Gasteiger partial charge in [0.15, 0.2) is 0 Å². The number of benzene rings is 5. The average molecular weight is 782 g/mol. The molecule has 0 atom stereocenters. The van der Waals surface area contributed by atoms with Gasteiger partial charge in [0.1, 0.15) is 0 Å². The summed E-state index contributed by atoms with van der Waals surface area (Å²) in [6.45, 7) is 19.8. The molecule has 298 valence electrons. The molecular weight excluding hydrogens is 719 g/mol. The molecule has 58 heavy (non-hydrogen) atoms. The van der Waals surface area contributed by atoms with Crippen LogP contribution in [0.4, 0.5) is 17.1 Å². The molecule has 0 aromatic heterocycles. The van der Waals surface area contributed by atoms with Crippen molar-refractivity contribution in [2.75, 3.05) is 4.90 Å². The van der Waals surface area contributed by atoms with Crippen molar-refractivity contribution >= 4 is 28.8 Å². The second-order valence-electron chi connectivity index (χ2n) is 22.3. The molecule has 0 N–H and O–H groups in total. The summed E-state index contributed by atoms with van der Waals surface area (Å²) in [6, 6.07) is 41.5. The van der Waals surface area contributed by atoms with E-state index in [1.807, 2.05) is 0 Å². The van der Waals surface area contributed by atoms with Crippen LogP contribution in [-0.4, -0.2) is 0 Å². The minimum atomic E-state index is 0.0412. The minimum absolute atomic E-state index is 0.0412. The highest BCUT2D eigenvalue weighted by atomic mass is 32.2. The number of hydrogen-bond donors (Lipinski definition) is 0. The standard InChI is InChI=1S/C56H63NS/c1-52(2)22-24-54(5,6)46-33-41(18-20-43(46)52)57(42-19-21-44-47(34-42)55(7,8)25-23-53(44,3)4)49-32-38(37-14-10-9-11-15-37)31-48-51(49)58-50-17-13-12-16-45(50)56(48)39-27-35-26-36(29-39)30-40(56)28-35/h9-21,31-36,39-40H,22-30H2,1-8H3. The highest BCUT2D eigenvalue weighted by Crippen LogP contribution is 2.70. The maximum atomic E-state index is 2.73. The summed E-state index contributed by atoms with van der Waals surface area (Å²) in [5.74, 6) is 3.18. The normalized spacial score (nSPS) is 28.6. The quantitative estimate of drug-likeness (QED) is 0.179. The van der Waals surface area contributed by atoms with Crippen LogP contribution in [0.3, 0.4) is 0 Å². The van der Waals surface area contributed by atoms with Crippen LogP contribution in [0.5, 0.6) is 0 Å². The van der Waals surface area contributed by atoms with Crippen molar-refractivity contribution in [3.8, 4) is 11.1 Å². The van der Waals surface area contributed by atoms with Crippen molar-refractivity contribution < 1.29 is 0 Å². The third-order valence-electron chi connectivity index (χ3n) is 17.0.